The fourth-order valence-corrected chi connectivity index (χ4v) is 1.73. The van der Waals surface area contributed by atoms with E-state index in [-0.39, 0.29) is 5.91 Å². The fourth-order valence-electron chi connectivity index (χ4n) is 1.73. The molecule has 1 atom stereocenters. The molecule has 1 aromatic carbocycles. The second-order valence-corrected chi connectivity index (χ2v) is 5.20. The van der Waals surface area contributed by atoms with E-state index in [1.165, 1.54) is 0 Å². The first kappa shape index (κ1) is 15.5. The molecule has 0 bridgehead atoms. The highest BCUT2D eigenvalue weighted by Gasteiger charge is 2.13. The number of hydrogen-bond donors (Lipinski definition) is 3. The van der Waals surface area contributed by atoms with E-state index in [1.54, 1.807) is 0 Å². The van der Waals surface area contributed by atoms with Crippen LogP contribution in [-0.2, 0) is 0 Å². The van der Waals surface area contributed by atoms with Crippen molar-refractivity contribution in [3.05, 3.63) is 29.3 Å². The second kappa shape index (κ2) is 7.14. The molecule has 0 aliphatic rings. The zero-order chi connectivity index (χ0) is 14.4. The zero-order valence-corrected chi connectivity index (χ0v) is 12.3. The molecule has 1 amide bonds. The van der Waals surface area contributed by atoms with Crippen molar-refractivity contribution >= 4 is 11.6 Å². The SMILES string of the molecule is Cc1c(NC(C)C(C)C)cccc1C(=O)NCCN. The molecule has 0 radical (unpaired) electrons. The Labute approximate surface area is 115 Å². The van der Waals surface area contributed by atoms with Crippen LogP contribution in [0.25, 0.3) is 0 Å². The van der Waals surface area contributed by atoms with Crippen molar-refractivity contribution in [3.8, 4) is 0 Å². The summed E-state index contributed by atoms with van der Waals surface area (Å²) < 4.78 is 0. The highest BCUT2D eigenvalue weighted by molar-refractivity contribution is 5.97. The summed E-state index contributed by atoms with van der Waals surface area (Å²) in [5.41, 5.74) is 8.09. The molecule has 0 aliphatic heterocycles. The molecule has 0 spiro atoms. The molecule has 0 saturated heterocycles. The van der Waals surface area contributed by atoms with E-state index in [0.717, 1.165) is 11.3 Å². The molecular weight excluding hydrogens is 238 g/mol. The Balaban J connectivity index is 2.88. The Bertz CT molecular complexity index is 429. The quantitative estimate of drug-likeness (QED) is 0.736. The van der Waals surface area contributed by atoms with E-state index >= 15 is 0 Å². The summed E-state index contributed by atoms with van der Waals surface area (Å²) in [4.78, 5) is 12.0. The van der Waals surface area contributed by atoms with E-state index < -0.39 is 0 Å². The summed E-state index contributed by atoms with van der Waals surface area (Å²) in [6, 6.07) is 6.11. The summed E-state index contributed by atoms with van der Waals surface area (Å²) in [5, 5.41) is 6.26. The Kier molecular flexibility index (Phi) is 5.83. The highest BCUT2D eigenvalue weighted by Crippen LogP contribution is 2.21. The predicted molar refractivity (Wildman–Crippen MR) is 80.5 cm³/mol. The van der Waals surface area contributed by atoms with Gasteiger partial charge in [0.15, 0.2) is 0 Å². The lowest BCUT2D eigenvalue weighted by Gasteiger charge is -2.21. The fraction of sp³-hybridized carbons (Fsp3) is 0.533. The molecule has 1 unspecified atom stereocenters. The van der Waals surface area contributed by atoms with E-state index in [1.807, 2.05) is 25.1 Å². The first-order valence-electron chi connectivity index (χ1n) is 6.81. The molecule has 4 nitrogen and oxygen atoms in total. The maximum atomic E-state index is 12.0. The van der Waals surface area contributed by atoms with Crippen LogP contribution in [0.2, 0.25) is 0 Å². The molecule has 0 fully saturated rings. The number of carbonyl (C=O) groups is 1. The Morgan fingerprint density at radius 2 is 2.00 bits per heavy atom. The lowest BCUT2D eigenvalue weighted by Crippen LogP contribution is -2.30. The monoisotopic (exact) mass is 263 g/mol. The summed E-state index contributed by atoms with van der Waals surface area (Å²) in [7, 11) is 0. The number of hydrogen-bond acceptors (Lipinski definition) is 3. The van der Waals surface area contributed by atoms with Gasteiger partial charge < -0.3 is 16.4 Å². The first-order valence-corrected chi connectivity index (χ1v) is 6.81. The van der Waals surface area contributed by atoms with Crippen molar-refractivity contribution < 1.29 is 4.79 Å². The Morgan fingerprint density at radius 1 is 1.32 bits per heavy atom. The minimum atomic E-state index is -0.0659. The van der Waals surface area contributed by atoms with Gasteiger partial charge in [-0.1, -0.05) is 19.9 Å². The van der Waals surface area contributed by atoms with Crippen LogP contribution in [0, 0.1) is 12.8 Å². The van der Waals surface area contributed by atoms with Crippen molar-refractivity contribution in [2.75, 3.05) is 18.4 Å². The molecule has 0 heterocycles. The van der Waals surface area contributed by atoms with Gasteiger partial charge in [0.25, 0.3) is 5.91 Å². The minimum Gasteiger partial charge on any atom is -0.382 e. The predicted octanol–water partition coefficient (Wildman–Crippen LogP) is 2.14. The van der Waals surface area contributed by atoms with Gasteiger partial charge in [-0.15, -0.1) is 0 Å². The second-order valence-electron chi connectivity index (χ2n) is 5.20. The third kappa shape index (κ3) is 4.24. The van der Waals surface area contributed by atoms with Gasteiger partial charge >= 0.3 is 0 Å². The molecule has 106 valence electrons. The maximum absolute atomic E-state index is 12.0. The topological polar surface area (TPSA) is 67.2 Å². The third-order valence-corrected chi connectivity index (χ3v) is 3.39. The smallest absolute Gasteiger partial charge is 0.251 e. The molecule has 0 saturated carbocycles. The number of anilines is 1. The van der Waals surface area contributed by atoms with Gasteiger partial charge in [-0.2, -0.15) is 0 Å². The summed E-state index contributed by atoms with van der Waals surface area (Å²) in [5.74, 6) is 0.470. The number of amides is 1. The van der Waals surface area contributed by atoms with Crippen LogP contribution < -0.4 is 16.4 Å². The van der Waals surface area contributed by atoms with Gasteiger partial charge in [0, 0.05) is 30.4 Å². The zero-order valence-electron chi connectivity index (χ0n) is 12.3. The van der Waals surface area contributed by atoms with Crippen LogP contribution in [0.5, 0.6) is 0 Å². The molecule has 4 heteroatoms. The summed E-state index contributed by atoms with van der Waals surface area (Å²) in [6.07, 6.45) is 0. The van der Waals surface area contributed by atoms with Crippen molar-refractivity contribution in [1.29, 1.82) is 0 Å². The largest absolute Gasteiger partial charge is 0.382 e. The van der Waals surface area contributed by atoms with Crippen molar-refractivity contribution in [2.45, 2.75) is 33.7 Å². The van der Waals surface area contributed by atoms with Crippen LogP contribution in [0.3, 0.4) is 0 Å². The average Bonchev–Trinajstić information content (AvgIpc) is 2.38. The van der Waals surface area contributed by atoms with Crippen molar-refractivity contribution in [1.82, 2.24) is 5.32 Å². The lowest BCUT2D eigenvalue weighted by atomic mass is 10.0. The minimum absolute atomic E-state index is 0.0659. The van der Waals surface area contributed by atoms with Crippen LogP contribution in [-0.4, -0.2) is 25.0 Å². The number of carbonyl (C=O) groups excluding carboxylic acids is 1. The van der Waals surface area contributed by atoms with Gasteiger partial charge in [0.1, 0.15) is 0 Å². The van der Waals surface area contributed by atoms with Gasteiger partial charge in [-0.3, -0.25) is 4.79 Å². The molecule has 0 aliphatic carbocycles. The molecule has 0 aromatic heterocycles. The van der Waals surface area contributed by atoms with Crippen molar-refractivity contribution in [2.24, 2.45) is 11.7 Å². The highest BCUT2D eigenvalue weighted by atomic mass is 16.1. The van der Waals surface area contributed by atoms with Crippen LogP contribution in [0.4, 0.5) is 5.69 Å². The Morgan fingerprint density at radius 3 is 2.58 bits per heavy atom. The lowest BCUT2D eigenvalue weighted by molar-refractivity contribution is 0.0954. The molecule has 1 rings (SSSR count). The normalized spacial score (nSPS) is 12.3. The molecular formula is C15H25N3O. The number of benzene rings is 1. The van der Waals surface area contributed by atoms with Gasteiger partial charge in [0.05, 0.1) is 0 Å². The number of rotatable bonds is 6. The molecule has 1 aromatic rings. The number of nitrogens with one attached hydrogen (secondary N) is 2. The van der Waals surface area contributed by atoms with Gasteiger partial charge in [0.2, 0.25) is 0 Å². The Hall–Kier alpha value is -1.55. The third-order valence-electron chi connectivity index (χ3n) is 3.39. The standard InChI is InChI=1S/C15H25N3O/c1-10(2)12(4)18-14-7-5-6-13(11(14)3)15(19)17-9-8-16/h5-7,10,12,18H,8-9,16H2,1-4H3,(H,17,19). The first-order chi connectivity index (χ1) is 8.97. The van der Waals surface area contributed by atoms with E-state index in [4.69, 9.17) is 5.73 Å². The molecule has 4 N–H and O–H groups in total. The van der Waals surface area contributed by atoms with E-state index in [9.17, 15) is 4.79 Å². The summed E-state index contributed by atoms with van der Waals surface area (Å²) in [6.45, 7) is 9.40. The van der Waals surface area contributed by atoms with Crippen molar-refractivity contribution in [3.63, 3.8) is 0 Å². The van der Waals surface area contributed by atoms with E-state index in [2.05, 4.69) is 31.4 Å². The van der Waals surface area contributed by atoms with Gasteiger partial charge in [-0.05, 0) is 37.5 Å². The molecule has 19 heavy (non-hydrogen) atoms. The number of nitrogens with two attached hydrogens (primary N) is 1. The van der Waals surface area contributed by atoms with Crippen LogP contribution >= 0.6 is 0 Å². The average molecular weight is 263 g/mol. The van der Waals surface area contributed by atoms with Gasteiger partial charge in [-0.25, -0.2) is 0 Å². The summed E-state index contributed by atoms with van der Waals surface area (Å²) >= 11 is 0. The van der Waals surface area contributed by atoms with Crippen LogP contribution in [0.1, 0.15) is 36.7 Å². The van der Waals surface area contributed by atoms with Crippen LogP contribution in [0.15, 0.2) is 18.2 Å². The maximum Gasteiger partial charge on any atom is 0.251 e. The van der Waals surface area contributed by atoms with E-state index in [0.29, 0.717) is 30.6 Å².